The Labute approximate surface area is 164 Å². The molecule has 2 aromatic rings. The maximum absolute atomic E-state index is 12.3. The molecule has 2 aromatic heterocycles. The van der Waals surface area contributed by atoms with Gasteiger partial charge in [-0.3, -0.25) is 9.88 Å². The minimum Gasteiger partial charge on any atom is -0.462 e. The van der Waals surface area contributed by atoms with E-state index in [1.165, 1.54) is 5.56 Å². The van der Waals surface area contributed by atoms with Crippen molar-refractivity contribution >= 4 is 23.8 Å². The van der Waals surface area contributed by atoms with Crippen LogP contribution >= 0.6 is 11.6 Å². The lowest BCUT2D eigenvalue weighted by Crippen LogP contribution is -2.33. The molecule has 27 heavy (non-hydrogen) atoms. The first-order valence-electron chi connectivity index (χ1n) is 9.24. The molecular formula is C20H25ClN4O2. The van der Waals surface area contributed by atoms with Crippen LogP contribution in [0, 0.1) is 6.92 Å². The summed E-state index contributed by atoms with van der Waals surface area (Å²) in [6.45, 7) is 10.7. The van der Waals surface area contributed by atoms with Gasteiger partial charge < -0.3 is 4.74 Å². The lowest BCUT2D eigenvalue weighted by molar-refractivity contribution is 0.0523. The minimum absolute atomic E-state index is 0.231. The van der Waals surface area contributed by atoms with E-state index >= 15 is 0 Å². The summed E-state index contributed by atoms with van der Waals surface area (Å²) in [5.74, 6) is -0.118. The molecule has 0 atom stereocenters. The van der Waals surface area contributed by atoms with Gasteiger partial charge in [0, 0.05) is 36.1 Å². The molecule has 0 saturated carbocycles. The van der Waals surface area contributed by atoms with Crippen LogP contribution in [0.4, 0.5) is 0 Å². The number of rotatable bonds is 6. The third kappa shape index (κ3) is 4.39. The number of hydrogen-bond acceptors (Lipinski definition) is 5. The Morgan fingerprint density at radius 2 is 2.15 bits per heavy atom. The molecule has 1 fully saturated rings. The average Bonchev–Trinajstić information content (AvgIpc) is 3.02. The maximum atomic E-state index is 12.3. The van der Waals surface area contributed by atoms with E-state index in [0.29, 0.717) is 17.2 Å². The fraction of sp³-hybridized carbons (Fsp3) is 0.450. The van der Waals surface area contributed by atoms with Crippen LogP contribution in [-0.4, -0.2) is 45.3 Å². The highest BCUT2D eigenvalue weighted by molar-refractivity contribution is 6.30. The van der Waals surface area contributed by atoms with E-state index in [2.05, 4.69) is 28.5 Å². The molecule has 0 amide bonds. The number of piperidine rings is 1. The van der Waals surface area contributed by atoms with Crippen molar-refractivity contribution in [1.82, 2.24) is 19.7 Å². The van der Waals surface area contributed by atoms with Gasteiger partial charge in [0.15, 0.2) is 0 Å². The number of esters is 1. The molecule has 0 bridgehead atoms. The summed E-state index contributed by atoms with van der Waals surface area (Å²) in [5, 5.41) is 4.77. The van der Waals surface area contributed by atoms with Crippen molar-refractivity contribution in [1.29, 1.82) is 0 Å². The summed E-state index contributed by atoms with van der Waals surface area (Å²) in [6, 6.07) is 1.67. The molecule has 0 radical (unpaired) electrons. The van der Waals surface area contributed by atoms with Crippen molar-refractivity contribution in [2.24, 2.45) is 0 Å². The van der Waals surface area contributed by atoms with Gasteiger partial charge in [-0.25, -0.2) is 9.48 Å². The van der Waals surface area contributed by atoms with Crippen molar-refractivity contribution in [3.8, 4) is 0 Å². The van der Waals surface area contributed by atoms with Gasteiger partial charge in [-0.05, 0) is 45.8 Å². The van der Waals surface area contributed by atoms with E-state index in [1.54, 1.807) is 30.1 Å². The lowest BCUT2D eigenvalue weighted by atomic mass is 9.90. The number of carbonyl (C=O) groups excluding carboxylic acids is 1. The van der Waals surface area contributed by atoms with Crippen LogP contribution in [0.2, 0.25) is 5.02 Å². The minimum atomic E-state index is -0.350. The Morgan fingerprint density at radius 3 is 2.78 bits per heavy atom. The van der Waals surface area contributed by atoms with E-state index in [0.717, 1.165) is 43.9 Å². The van der Waals surface area contributed by atoms with Crippen LogP contribution in [-0.2, 0) is 11.3 Å². The third-order valence-corrected chi connectivity index (χ3v) is 5.27. The summed E-state index contributed by atoms with van der Waals surface area (Å²) < 4.78 is 6.97. The predicted molar refractivity (Wildman–Crippen MR) is 106 cm³/mol. The zero-order valence-corrected chi connectivity index (χ0v) is 16.6. The maximum Gasteiger partial charge on any atom is 0.340 e. The Balaban J connectivity index is 1.68. The molecule has 7 heteroatoms. The first-order chi connectivity index (χ1) is 13.0. The summed E-state index contributed by atoms with van der Waals surface area (Å²) in [5.41, 5.74) is 3.63. The molecule has 144 valence electrons. The topological polar surface area (TPSA) is 60.2 Å². The SMILES string of the molecule is C=Cn1ncc(CN2CCC(c3ncc(Cl)cc3C(=O)OCC)CC2)c1C. The molecule has 0 aromatic carbocycles. The number of ether oxygens (including phenoxy) is 1. The standard InChI is InChI=1S/C20H25ClN4O2/c1-4-25-14(3)16(11-23-25)13-24-8-6-15(7-9-24)19-18(20(26)27-5-2)10-17(21)12-22-19/h4,10-12,15H,1,5-9,13H2,2-3H3. The number of aromatic nitrogens is 3. The van der Waals surface area contributed by atoms with Crippen LogP contribution in [0.1, 0.15) is 53.0 Å². The van der Waals surface area contributed by atoms with Gasteiger partial charge in [-0.1, -0.05) is 18.2 Å². The molecule has 3 rings (SSSR count). The Hall–Kier alpha value is -2.18. The number of halogens is 1. The number of hydrogen-bond donors (Lipinski definition) is 0. The summed E-state index contributed by atoms with van der Waals surface area (Å²) in [7, 11) is 0. The van der Waals surface area contributed by atoms with Crippen molar-refractivity contribution in [3.05, 3.63) is 52.6 Å². The largest absolute Gasteiger partial charge is 0.462 e. The van der Waals surface area contributed by atoms with Crippen LogP contribution in [0.15, 0.2) is 25.0 Å². The van der Waals surface area contributed by atoms with Crippen LogP contribution in [0.25, 0.3) is 6.20 Å². The summed E-state index contributed by atoms with van der Waals surface area (Å²) in [4.78, 5) is 19.2. The molecule has 0 aliphatic carbocycles. The van der Waals surface area contributed by atoms with Crippen molar-refractivity contribution in [3.63, 3.8) is 0 Å². The van der Waals surface area contributed by atoms with Crippen molar-refractivity contribution < 1.29 is 9.53 Å². The number of nitrogens with zero attached hydrogens (tertiary/aromatic N) is 4. The van der Waals surface area contributed by atoms with E-state index in [1.807, 2.05) is 6.20 Å². The van der Waals surface area contributed by atoms with Crippen LogP contribution in [0.3, 0.4) is 0 Å². The number of likely N-dealkylation sites (tertiary alicyclic amines) is 1. The van der Waals surface area contributed by atoms with Gasteiger partial charge in [-0.15, -0.1) is 0 Å². The molecule has 3 heterocycles. The Morgan fingerprint density at radius 1 is 1.41 bits per heavy atom. The summed E-state index contributed by atoms with van der Waals surface area (Å²) in [6.07, 6.45) is 7.11. The lowest BCUT2D eigenvalue weighted by Gasteiger charge is -2.32. The first-order valence-corrected chi connectivity index (χ1v) is 9.61. The number of pyridine rings is 1. The molecule has 1 aliphatic heterocycles. The molecule has 0 N–H and O–H groups in total. The molecular weight excluding hydrogens is 364 g/mol. The highest BCUT2D eigenvalue weighted by Gasteiger charge is 2.27. The second kappa shape index (κ2) is 8.67. The van der Waals surface area contributed by atoms with E-state index in [9.17, 15) is 4.79 Å². The summed E-state index contributed by atoms with van der Waals surface area (Å²) >= 11 is 6.05. The average molecular weight is 389 g/mol. The second-order valence-electron chi connectivity index (χ2n) is 6.74. The van der Waals surface area contributed by atoms with E-state index in [4.69, 9.17) is 16.3 Å². The molecule has 0 spiro atoms. The normalized spacial score (nSPS) is 15.7. The highest BCUT2D eigenvalue weighted by atomic mass is 35.5. The Bertz CT molecular complexity index is 825. The van der Waals surface area contributed by atoms with Gasteiger partial charge in [0.05, 0.1) is 29.1 Å². The first kappa shape index (κ1) is 19.6. The quantitative estimate of drug-likeness (QED) is 0.702. The van der Waals surface area contributed by atoms with Crippen LogP contribution in [0.5, 0.6) is 0 Å². The fourth-order valence-corrected chi connectivity index (χ4v) is 3.71. The number of carbonyl (C=O) groups is 1. The zero-order valence-electron chi connectivity index (χ0n) is 15.8. The van der Waals surface area contributed by atoms with Gasteiger partial charge in [0.25, 0.3) is 0 Å². The van der Waals surface area contributed by atoms with Crippen LogP contribution < -0.4 is 0 Å². The molecule has 6 nitrogen and oxygen atoms in total. The Kier molecular flexibility index (Phi) is 6.29. The van der Waals surface area contributed by atoms with Gasteiger partial charge in [-0.2, -0.15) is 5.10 Å². The second-order valence-corrected chi connectivity index (χ2v) is 7.18. The van der Waals surface area contributed by atoms with Crippen molar-refractivity contribution in [2.75, 3.05) is 19.7 Å². The van der Waals surface area contributed by atoms with E-state index < -0.39 is 0 Å². The fourth-order valence-electron chi connectivity index (χ4n) is 3.55. The molecule has 1 aliphatic rings. The smallest absolute Gasteiger partial charge is 0.340 e. The highest BCUT2D eigenvalue weighted by Crippen LogP contribution is 2.31. The van der Waals surface area contributed by atoms with Gasteiger partial charge in [0.2, 0.25) is 0 Å². The molecule has 0 unspecified atom stereocenters. The van der Waals surface area contributed by atoms with Gasteiger partial charge >= 0.3 is 5.97 Å². The molecule has 1 saturated heterocycles. The third-order valence-electron chi connectivity index (χ3n) is 5.07. The van der Waals surface area contributed by atoms with E-state index in [-0.39, 0.29) is 11.9 Å². The zero-order chi connectivity index (χ0) is 19.4. The predicted octanol–water partition coefficient (Wildman–Crippen LogP) is 3.90. The van der Waals surface area contributed by atoms with Crippen molar-refractivity contribution in [2.45, 2.75) is 39.2 Å². The van der Waals surface area contributed by atoms with Gasteiger partial charge in [0.1, 0.15) is 0 Å². The monoisotopic (exact) mass is 388 g/mol.